The van der Waals surface area contributed by atoms with Crippen molar-refractivity contribution in [1.82, 2.24) is 19.7 Å². The Labute approximate surface area is 175 Å². The number of anilines is 1. The van der Waals surface area contributed by atoms with Crippen LogP contribution in [0.25, 0.3) is 11.0 Å². The summed E-state index contributed by atoms with van der Waals surface area (Å²) in [5.41, 5.74) is 1.85. The zero-order valence-corrected chi connectivity index (χ0v) is 20.5. The number of fused-ring (bicyclic) bond motifs is 1. The van der Waals surface area contributed by atoms with E-state index < -0.39 is 18.4 Å². The van der Waals surface area contributed by atoms with E-state index in [2.05, 4.69) is 36.0 Å². The fraction of sp³-hybridized carbons (Fsp3) is 0.381. The summed E-state index contributed by atoms with van der Waals surface area (Å²) in [4.78, 5) is 16.1. The van der Waals surface area contributed by atoms with Crippen LogP contribution in [0.1, 0.15) is 12.0 Å². The molecule has 0 amide bonds. The predicted molar refractivity (Wildman–Crippen MR) is 119 cm³/mol. The molecule has 0 fully saturated rings. The molecular weight excluding hydrogens is 473 g/mol. The van der Waals surface area contributed by atoms with Crippen molar-refractivity contribution in [1.29, 1.82) is 0 Å². The summed E-state index contributed by atoms with van der Waals surface area (Å²) in [6, 6.07) is 5.79. The number of benzene rings is 1. The Balaban J connectivity index is 2.00. The summed E-state index contributed by atoms with van der Waals surface area (Å²) in [6.45, 7) is 1.21. The quantitative estimate of drug-likeness (QED) is 0.379. The number of rotatable bonds is 8. The van der Waals surface area contributed by atoms with E-state index in [0.717, 1.165) is 37.6 Å². The molecule has 3 rings (SSSR count). The first-order valence-corrected chi connectivity index (χ1v) is 19.5. The van der Waals surface area contributed by atoms with E-state index in [1.165, 1.54) is 0 Å². The summed E-state index contributed by atoms with van der Waals surface area (Å²) in [7, 11) is 3.30. The third-order valence-corrected chi connectivity index (χ3v) is 9.70. The van der Waals surface area contributed by atoms with Crippen LogP contribution in [-0.2, 0) is 13.1 Å². The van der Waals surface area contributed by atoms with E-state index in [9.17, 15) is 0 Å². The van der Waals surface area contributed by atoms with Crippen molar-refractivity contribution in [2.75, 3.05) is 19.5 Å². The molecule has 7 nitrogen and oxygen atoms in total. The molecule has 0 saturated heterocycles. The third kappa shape index (κ3) is 4.58. The van der Waals surface area contributed by atoms with Crippen molar-refractivity contribution in [2.24, 2.45) is 0 Å². The molecule has 0 spiro atoms. The zero-order chi connectivity index (χ0) is 21.0. The van der Waals surface area contributed by atoms with Crippen molar-refractivity contribution in [2.45, 2.75) is 34.3 Å². The number of nitrogens with zero attached hydrogens (tertiary/aromatic N) is 4. The number of aryl methyl sites for hydroxylation is 1. The molecule has 0 unspecified atom stereocenters. The average molecular weight is 500 g/mol. The molecule has 1 N–H and O–H groups in total. The van der Waals surface area contributed by atoms with Gasteiger partial charge >= 0.3 is 176 Å². The second-order valence-electron chi connectivity index (χ2n) is 7.73. The van der Waals surface area contributed by atoms with E-state index in [-0.39, 0.29) is 0 Å². The van der Waals surface area contributed by atoms with Crippen LogP contribution in [0.3, 0.4) is 0 Å². The first-order valence-electron chi connectivity index (χ1n) is 9.49. The predicted octanol–water partition coefficient (Wildman–Crippen LogP) is 3.02. The summed E-state index contributed by atoms with van der Waals surface area (Å²) in [5, 5.41) is 9.38. The van der Waals surface area contributed by atoms with Gasteiger partial charge in [0.25, 0.3) is 0 Å². The molecule has 8 heteroatoms. The van der Waals surface area contributed by atoms with Gasteiger partial charge in [0.15, 0.2) is 0 Å². The van der Waals surface area contributed by atoms with Crippen molar-refractivity contribution in [3.05, 3.63) is 30.1 Å². The maximum absolute atomic E-state index is 5.51. The van der Waals surface area contributed by atoms with Crippen LogP contribution in [0.5, 0.6) is 11.5 Å². The fourth-order valence-corrected chi connectivity index (χ4v) is 7.17. The van der Waals surface area contributed by atoms with Gasteiger partial charge < -0.3 is 0 Å². The van der Waals surface area contributed by atoms with Gasteiger partial charge in [-0.05, 0) is 0 Å². The minimum atomic E-state index is -2.53. The van der Waals surface area contributed by atoms with Gasteiger partial charge in [0.05, 0.1) is 0 Å². The molecule has 0 aliphatic heterocycles. The number of ether oxygens (including phenoxy) is 2. The summed E-state index contributed by atoms with van der Waals surface area (Å²) >= 11 is -2.53. The second kappa shape index (κ2) is 8.91. The van der Waals surface area contributed by atoms with Crippen LogP contribution >= 0.6 is 0 Å². The van der Waals surface area contributed by atoms with Gasteiger partial charge in [-0.3, -0.25) is 0 Å². The molecule has 2 aromatic heterocycles. The Kier molecular flexibility index (Phi) is 6.52. The zero-order valence-electron chi connectivity index (χ0n) is 17.6. The number of aromatic nitrogens is 4. The number of nitrogens with one attached hydrogen (secondary N) is 1. The standard InChI is InChI=1S/C18H18N5O2.3CH3.Sn/c1-4-5-8-23-18-15(11-22-23)17(20-12-21-18)19-10-13-6-7-14(24-2)9-16(13)25-3;;;;/h1,6-7,9,12H,5,8,10H2,2-3H3,(H,19,20,21);3*1H3;. The SMILES string of the molecule is C#CCCn1n[c]([Sn]([CH3])([CH3])[CH3])c2c(NCc3ccc(OC)cc3OC)ncnc21. The number of methoxy groups -OCH3 is 2. The van der Waals surface area contributed by atoms with Crippen LogP contribution in [0, 0.1) is 12.3 Å². The van der Waals surface area contributed by atoms with Gasteiger partial charge in [0.2, 0.25) is 0 Å². The monoisotopic (exact) mass is 501 g/mol. The van der Waals surface area contributed by atoms with Gasteiger partial charge in [0, 0.05) is 0 Å². The molecule has 0 atom stereocenters. The second-order valence-corrected chi connectivity index (χ2v) is 21.9. The maximum atomic E-state index is 5.51. The molecule has 0 aliphatic carbocycles. The molecule has 29 heavy (non-hydrogen) atoms. The van der Waals surface area contributed by atoms with Gasteiger partial charge in [-0.25, -0.2) is 0 Å². The van der Waals surface area contributed by atoms with Gasteiger partial charge in [-0.1, -0.05) is 0 Å². The molecule has 0 radical (unpaired) electrons. The number of terminal acetylenes is 1. The van der Waals surface area contributed by atoms with Crippen LogP contribution < -0.4 is 18.5 Å². The summed E-state index contributed by atoms with van der Waals surface area (Å²) in [6.07, 6.45) is 7.65. The van der Waals surface area contributed by atoms with Crippen LogP contribution in [0.2, 0.25) is 14.8 Å². The minimum absolute atomic E-state index is 0.563. The Hall–Kier alpha value is -2.47. The molecule has 0 saturated carbocycles. The van der Waals surface area contributed by atoms with Crippen LogP contribution in [0.4, 0.5) is 5.82 Å². The van der Waals surface area contributed by atoms with Gasteiger partial charge in [-0.2, -0.15) is 0 Å². The van der Waals surface area contributed by atoms with Gasteiger partial charge in [0.1, 0.15) is 0 Å². The normalized spacial score (nSPS) is 11.3. The molecule has 152 valence electrons. The van der Waals surface area contributed by atoms with Crippen molar-refractivity contribution in [3.8, 4) is 23.8 Å². The van der Waals surface area contributed by atoms with Crippen molar-refractivity contribution in [3.63, 3.8) is 0 Å². The van der Waals surface area contributed by atoms with E-state index in [4.69, 9.17) is 21.0 Å². The number of hydrogen-bond donors (Lipinski definition) is 1. The van der Waals surface area contributed by atoms with Crippen molar-refractivity contribution >= 4 is 38.9 Å². The summed E-state index contributed by atoms with van der Waals surface area (Å²) < 4.78 is 13.9. The first-order chi connectivity index (χ1) is 13.9. The molecular formula is C21H27N5O2Sn. The Bertz CT molecular complexity index is 1050. The molecule has 0 bridgehead atoms. The fourth-order valence-electron chi connectivity index (χ4n) is 3.17. The first kappa shape index (κ1) is 21.2. The van der Waals surface area contributed by atoms with E-state index in [1.807, 2.05) is 22.9 Å². The van der Waals surface area contributed by atoms with Crippen LogP contribution in [-0.4, -0.2) is 52.3 Å². The Morgan fingerprint density at radius 1 is 1.17 bits per heavy atom. The summed E-state index contributed by atoms with van der Waals surface area (Å²) in [5.74, 6) is 5.00. The molecule has 3 aromatic rings. The number of hydrogen-bond acceptors (Lipinski definition) is 6. The van der Waals surface area contributed by atoms with E-state index >= 15 is 0 Å². The molecule has 2 heterocycles. The van der Waals surface area contributed by atoms with Gasteiger partial charge in [-0.15, -0.1) is 0 Å². The molecule has 0 aliphatic rings. The van der Waals surface area contributed by atoms with Crippen LogP contribution in [0.15, 0.2) is 24.5 Å². The topological polar surface area (TPSA) is 74.1 Å². The third-order valence-electron chi connectivity index (χ3n) is 4.65. The average Bonchev–Trinajstić information content (AvgIpc) is 3.10. The van der Waals surface area contributed by atoms with E-state index in [0.29, 0.717) is 19.5 Å². The molecule has 1 aromatic carbocycles. The Morgan fingerprint density at radius 2 is 1.97 bits per heavy atom. The van der Waals surface area contributed by atoms with E-state index in [1.54, 1.807) is 20.5 Å². The van der Waals surface area contributed by atoms with Crippen molar-refractivity contribution < 1.29 is 9.47 Å². The Morgan fingerprint density at radius 3 is 2.62 bits per heavy atom.